The second-order valence-electron chi connectivity index (χ2n) is 8.26. The number of carbonyl (C=O) groups is 1. The van der Waals surface area contributed by atoms with Crippen LogP contribution in [0.5, 0.6) is 0 Å². The summed E-state index contributed by atoms with van der Waals surface area (Å²) in [6, 6.07) is 13.6. The minimum Gasteiger partial charge on any atom is -0.384 e. The van der Waals surface area contributed by atoms with Crippen LogP contribution < -0.4 is 10.5 Å². The summed E-state index contributed by atoms with van der Waals surface area (Å²) in [6.45, 7) is 1.52. The number of anilines is 1. The Hall–Kier alpha value is -2.85. The van der Waals surface area contributed by atoms with Crippen molar-refractivity contribution in [1.82, 2.24) is 14.7 Å². The van der Waals surface area contributed by atoms with Gasteiger partial charge < -0.3 is 5.73 Å². The van der Waals surface area contributed by atoms with E-state index in [0.717, 1.165) is 20.5 Å². The van der Waals surface area contributed by atoms with Gasteiger partial charge in [-0.1, -0.05) is 29.8 Å². The quantitative estimate of drug-likeness (QED) is 0.338. The fraction of sp³-hybridized carbons (Fsp3) is 0.208. The molecule has 1 aliphatic rings. The summed E-state index contributed by atoms with van der Waals surface area (Å²) in [6.07, 6.45) is 2.88. The molecule has 34 heavy (non-hydrogen) atoms. The number of carbonyl (C=O) groups excluding carboxylic acids is 1. The fourth-order valence-electron chi connectivity index (χ4n) is 3.79. The van der Waals surface area contributed by atoms with Gasteiger partial charge in [0.05, 0.1) is 27.7 Å². The van der Waals surface area contributed by atoms with Gasteiger partial charge >= 0.3 is 0 Å². The zero-order valence-corrected chi connectivity index (χ0v) is 20.5. The molecule has 0 bridgehead atoms. The van der Waals surface area contributed by atoms with Crippen molar-refractivity contribution in [2.45, 2.75) is 31.1 Å². The van der Waals surface area contributed by atoms with E-state index in [9.17, 15) is 13.2 Å². The Kier molecular flexibility index (Phi) is 5.89. The van der Waals surface area contributed by atoms with Crippen molar-refractivity contribution in [3.63, 3.8) is 0 Å². The Labute approximate surface area is 206 Å². The normalized spacial score (nSPS) is 14.9. The van der Waals surface area contributed by atoms with Gasteiger partial charge in [0.25, 0.3) is 0 Å². The standard InChI is InChI=1S/C24H21ClN4O3S2/c1-13(30)14-9-10-27-19(11-14)17-4-2-3-15-12-20(33-24(15)17)23(29-34(31,32)16-5-6-16)22-18(25)7-8-21(26)28-22/h2-4,7-12,16,23,29H,5-6H2,1H3,(H2,26,28). The molecule has 5 rings (SSSR count). The average Bonchev–Trinajstić information content (AvgIpc) is 3.59. The Balaban J connectivity index is 1.66. The van der Waals surface area contributed by atoms with Gasteiger partial charge in [0.1, 0.15) is 5.82 Å². The molecule has 0 spiro atoms. The number of nitrogen functional groups attached to an aromatic ring is 1. The second kappa shape index (κ2) is 8.74. The van der Waals surface area contributed by atoms with Crippen molar-refractivity contribution >= 4 is 54.6 Å². The van der Waals surface area contributed by atoms with E-state index in [1.807, 2.05) is 24.3 Å². The number of thiophene rings is 1. The lowest BCUT2D eigenvalue weighted by molar-refractivity contribution is 0.101. The van der Waals surface area contributed by atoms with E-state index >= 15 is 0 Å². The number of hydrogen-bond acceptors (Lipinski definition) is 7. The van der Waals surface area contributed by atoms with Crippen molar-refractivity contribution in [2.24, 2.45) is 0 Å². The maximum Gasteiger partial charge on any atom is 0.215 e. The maximum absolute atomic E-state index is 12.9. The Bertz CT molecular complexity index is 1530. The van der Waals surface area contributed by atoms with Crippen molar-refractivity contribution in [3.8, 4) is 11.3 Å². The van der Waals surface area contributed by atoms with E-state index in [4.69, 9.17) is 17.3 Å². The monoisotopic (exact) mass is 512 g/mol. The second-order valence-corrected chi connectivity index (χ2v) is 11.7. The van der Waals surface area contributed by atoms with Crippen LogP contribution in [0.3, 0.4) is 0 Å². The molecule has 3 N–H and O–H groups in total. The lowest BCUT2D eigenvalue weighted by Gasteiger charge is -2.18. The number of ketones is 1. The molecule has 0 saturated heterocycles. The molecule has 0 radical (unpaired) electrons. The minimum atomic E-state index is -3.56. The highest BCUT2D eigenvalue weighted by molar-refractivity contribution is 7.90. The van der Waals surface area contributed by atoms with Crippen molar-refractivity contribution < 1.29 is 13.2 Å². The molecule has 0 amide bonds. The van der Waals surface area contributed by atoms with Crippen LogP contribution in [0.2, 0.25) is 5.02 Å². The number of fused-ring (bicyclic) bond motifs is 1. The molecule has 1 fully saturated rings. The third kappa shape index (κ3) is 4.44. The van der Waals surface area contributed by atoms with Gasteiger partial charge in [-0.3, -0.25) is 9.78 Å². The zero-order valence-electron chi connectivity index (χ0n) is 18.2. The number of hydrogen-bond donors (Lipinski definition) is 2. The van der Waals surface area contributed by atoms with Crippen LogP contribution in [0.4, 0.5) is 5.82 Å². The van der Waals surface area contributed by atoms with Crippen LogP contribution in [-0.4, -0.2) is 29.4 Å². The number of sulfonamides is 1. The third-order valence-corrected chi connectivity index (χ3v) is 9.19. The number of Topliss-reactive ketones (excluding diaryl/α,β-unsaturated/α-hetero) is 1. The van der Waals surface area contributed by atoms with Crippen molar-refractivity contribution in [3.05, 3.63) is 75.9 Å². The number of rotatable bonds is 7. The summed E-state index contributed by atoms with van der Waals surface area (Å²) in [4.78, 5) is 21.4. The maximum atomic E-state index is 12.9. The molecular weight excluding hydrogens is 492 g/mol. The molecule has 1 atom stereocenters. The molecule has 10 heteroatoms. The van der Waals surface area contributed by atoms with Gasteiger partial charge in [-0.15, -0.1) is 11.3 Å². The number of pyridine rings is 2. The fourth-order valence-corrected chi connectivity index (χ4v) is 6.83. The molecular formula is C24H21ClN4O3S2. The van der Waals surface area contributed by atoms with E-state index in [2.05, 4.69) is 14.7 Å². The number of nitrogens with one attached hydrogen (secondary N) is 1. The minimum absolute atomic E-state index is 0.0420. The zero-order chi connectivity index (χ0) is 24.0. The van der Waals surface area contributed by atoms with Crippen molar-refractivity contribution in [2.75, 3.05) is 5.73 Å². The highest BCUT2D eigenvalue weighted by atomic mass is 35.5. The van der Waals surface area contributed by atoms with Gasteiger partial charge in [-0.2, -0.15) is 0 Å². The number of nitrogens with zero attached hydrogens (tertiary/aromatic N) is 2. The lowest BCUT2D eigenvalue weighted by atomic mass is 10.1. The predicted octanol–water partition coefficient (Wildman–Crippen LogP) is 4.97. The summed E-state index contributed by atoms with van der Waals surface area (Å²) in [5, 5.41) is 0.840. The van der Waals surface area contributed by atoms with E-state index in [1.54, 1.807) is 30.5 Å². The van der Waals surface area contributed by atoms with E-state index in [1.165, 1.54) is 18.3 Å². The number of benzene rings is 1. The van der Waals surface area contributed by atoms with Crippen LogP contribution in [0.15, 0.2) is 54.7 Å². The largest absolute Gasteiger partial charge is 0.384 e. The van der Waals surface area contributed by atoms with Gasteiger partial charge in [0, 0.05) is 26.9 Å². The molecule has 174 valence electrons. The summed E-state index contributed by atoms with van der Waals surface area (Å²) >= 11 is 7.88. The molecule has 1 unspecified atom stereocenters. The predicted molar refractivity (Wildman–Crippen MR) is 136 cm³/mol. The molecule has 1 aromatic carbocycles. The van der Waals surface area contributed by atoms with Crippen LogP contribution in [0, 0.1) is 0 Å². The smallest absolute Gasteiger partial charge is 0.215 e. The molecule has 4 aromatic rings. The topological polar surface area (TPSA) is 115 Å². The first-order valence-corrected chi connectivity index (χ1v) is 13.4. The first-order chi connectivity index (χ1) is 16.2. The highest BCUT2D eigenvalue weighted by Crippen LogP contribution is 2.40. The number of aromatic nitrogens is 2. The van der Waals surface area contributed by atoms with Crippen molar-refractivity contribution in [1.29, 1.82) is 0 Å². The van der Waals surface area contributed by atoms with Gasteiger partial charge in [-0.25, -0.2) is 18.1 Å². The number of halogens is 1. The van der Waals surface area contributed by atoms with Gasteiger partial charge in [-0.05, 0) is 55.5 Å². The molecule has 3 heterocycles. The molecule has 1 saturated carbocycles. The summed E-state index contributed by atoms with van der Waals surface area (Å²) < 4.78 is 29.5. The molecule has 0 aliphatic heterocycles. The highest BCUT2D eigenvalue weighted by Gasteiger charge is 2.38. The molecule has 7 nitrogen and oxygen atoms in total. The Morgan fingerprint density at radius 3 is 2.74 bits per heavy atom. The number of nitrogens with two attached hydrogens (primary N) is 1. The van der Waals surface area contributed by atoms with Crippen LogP contribution in [0.25, 0.3) is 21.3 Å². The first-order valence-electron chi connectivity index (χ1n) is 10.7. The van der Waals surface area contributed by atoms with Gasteiger partial charge in [0.2, 0.25) is 10.0 Å². The Morgan fingerprint density at radius 2 is 2.00 bits per heavy atom. The first kappa shape index (κ1) is 22.9. The van der Waals surface area contributed by atoms with Crippen LogP contribution in [0.1, 0.15) is 46.7 Å². The van der Waals surface area contributed by atoms with Crippen LogP contribution in [-0.2, 0) is 10.0 Å². The average molecular weight is 513 g/mol. The van der Waals surface area contributed by atoms with E-state index in [-0.39, 0.29) is 11.6 Å². The van der Waals surface area contributed by atoms with E-state index in [0.29, 0.717) is 34.8 Å². The molecule has 3 aromatic heterocycles. The van der Waals surface area contributed by atoms with E-state index < -0.39 is 21.3 Å². The Morgan fingerprint density at radius 1 is 1.21 bits per heavy atom. The summed E-state index contributed by atoms with van der Waals surface area (Å²) in [5.41, 5.74) is 8.37. The molecule has 1 aliphatic carbocycles. The lowest BCUT2D eigenvalue weighted by Crippen LogP contribution is -2.32. The summed E-state index contributed by atoms with van der Waals surface area (Å²) in [7, 11) is -3.56. The third-order valence-electron chi connectivity index (χ3n) is 5.70. The SMILES string of the molecule is CC(=O)c1ccnc(-c2cccc3cc(C(NS(=O)(=O)C4CC4)c4nc(N)ccc4Cl)sc23)c1. The van der Waals surface area contributed by atoms with Crippen LogP contribution >= 0.6 is 22.9 Å². The van der Waals surface area contributed by atoms with Gasteiger partial charge in [0.15, 0.2) is 5.78 Å². The summed E-state index contributed by atoms with van der Waals surface area (Å²) in [5.74, 6) is 0.210.